The monoisotopic (exact) mass is 724 g/mol. The number of ether oxygens (including phenoxy) is 2. The molecule has 50 heavy (non-hydrogen) atoms. The summed E-state index contributed by atoms with van der Waals surface area (Å²) in [5.41, 5.74) is 4.40. The average molecular weight is 725 g/mol. The molecule has 2 saturated heterocycles. The van der Waals surface area contributed by atoms with E-state index in [0.29, 0.717) is 55.2 Å². The highest BCUT2D eigenvalue weighted by Gasteiger charge is 2.49. The lowest BCUT2D eigenvalue weighted by atomic mass is 9.91. The average Bonchev–Trinajstić information content (AvgIpc) is 3.62. The summed E-state index contributed by atoms with van der Waals surface area (Å²) in [4.78, 5) is 27.7. The molecule has 2 fully saturated rings. The summed E-state index contributed by atoms with van der Waals surface area (Å²) in [7, 11) is 3.21. The number of benzene rings is 1. The molecule has 3 atom stereocenters. The van der Waals surface area contributed by atoms with Crippen molar-refractivity contribution in [2.75, 3.05) is 51.0 Å². The standard InChI is InChI=1S/C33H38ClF5N8O3/c1-17-10-20(40)27(36)24(25(17)33(37,38)39)23-11-21-19(15-49-23)29(42-31(41-21)50-16-32-6-4-8-46(32)13-18(35)12-32)45-7-5-9-47-22(14-45)26(34)28(43-47)30(48)44(2)3/h10,18,23H,4-9,11-16,40H2,1-3H3/t18-,23+,32+/m1/s1. The number of nitrogens with zero attached hydrogens (tertiary/aromatic N) is 7. The number of aryl methyl sites for hydroxylation is 2. The fourth-order valence-electron chi connectivity index (χ4n) is 7.93. The molecule has 0 radical (unpaired) electrons. The van der Waals surface area contributed by atoms with Gasteiger partial charge in [-0.2, -0.15) is 28.2 Å². The van der Waals surface area contributed by atoms with E-state index in [1.165, 1.54) is 11.8 Å². The maximum Gasteiger partial charge on any atom is 0.417 e. The minimum Gasteiger partial charge on any atom is -0.461 e. The van der Waals surface area contributed by atoms with E-state index in [0.717, 1.165) is 25.5 Å². The first-order chi connectivity index (χ1) is 23.7. The molecular formula is C33H38ClF5N8O3. The zero-order valence-electron chi connectivity index (χ0n) is 27.9. The van der Waals surface area contributed by atoms with E-state index in [9.17, 15) is 22.4 Å². The van der Waals surface area contributed by atoms with Gasteiger partial charge in [0.05, 0.1) is 52.5 Å². The number of anilines is 2. The third-order valence-corrected chi connectivity index (χ3v) is 10.7. The number of carbonyl (C=O) groups excluding carboxylic acids is 1. The number of fused-ring (bicyclic) bond motifs is 3. The molecular weight excluding hydrogens is 687 g/mol. The topological polar surface area (TPSA) is 115 Å². The Morgan fingerprint density at radius 2 is 2.00 bits per heavy atom. The van der Waals surface area contributed by atoms with Crippen molar-refractivity contribution < 1.29 is 36.2 Å². The number of aromatic nitrogens is 4. The molecule has 4 aliphatic heterocycles. The van der Waals surface area contributed by atoms with Crippen LogP contribution < -0.4 is 15.4 Å². The zero-order valence-corrected chi connectivity index (χ0v) is 28.7. The first kappa shape index (κ1) is 34.7. The van der Waals surface area contributed by atoms with Gasteiger partial charge in [0.25, 0.3) is 5.91 Å². The molecule has 6 heterocycles. The number of hydrogen-bond donors (Lipinski definition) is 1. The van der Waals surface area contributed by atoms with Gasteiger partial charge < -0.3 is 25.0 Å². The molecule has 7 rings (SSSR count). The Morgan fingerprint density at radius 3 is 2.74 bits per heavy atom. The van der Waals surface area contributed by atoms with Crippen molar-refractivity contribution in [3.63, 3.8) is 0 Å². The van der Waals surface area contributed by atoms with Gasteiger partial charge in [0.2, 0.25) is 0 Å². The van der Waals surface area contributed by atoms with Crippen molar-refractivity contribution in [2.45, 2.75) is 82.7 Å². The molecule has 1 amide bonds. The molecule has 0 unspecified atom stereocenters. The summed E-state index contributed by atoms with van der Waals surface area (Å²) in [6.07, 6.45) is -4.87. The number of nitrogen functional groups attached to an aromatic ring is 1. The molecule has 17 heteroatoms. The van der Waals surface area contributed by atoms with Gasteiger partial charge in [0.15, 0.2) is 11.5 Å². The highest BCUT2D eigenvalue weighted by Crippen LogP contribution is 2.45. The van der Waals surface area contributed by atoms with Crippen molar-refractivity contribution in [3.8, 4) is 6.01 Å². The molecule has 4 aliphatic rings. The van der Waals surface area contributed by atoms with Crippen LogP contribution in [0, 0.1) is 12.7 Å². The Bertz CT molecular complexity index is 1840. The van der Waals surface area contributed by atoms with Crippen LogP contribution in [0.15, 0.2) is 6.07 Å². The van der Waals surface area contributed by atoms with Gasteiger partial charge in [-0.25, -0.2) is 8.78 Å². The first-order valence-electron chi connectivity index (χ1n) is 16.6. The zero-order chi connectivity index (χ0) is 35.7. The molecule has 0 saturated carbocycles. The number of hydrogen-bond acceptors (Lipinski definition) is 9. The van der Waals surface area contributed by atoms with Crippen LogP contribution >= 0.6 is 11.6 Å². The van der Waals surface area contributed by atoms with E-state index in [4.69, 9.17) is 31.8 Å². The Labute approximate surface area is 290 Å². The lowest BCUT2D eigenvalue weighted by Gasteiger charge is -2.33. The lowest BCUT2D eigenvalue weighted by Crippen LogP contribution is -2.43. The molecule has 0 spiro atoms. The smallest absolute Gasteiger partial charge is 0.417 e. The van der Waals surface area contributed by atoms with Crippen LogP contribution in [0.25, 0.3) is 0 Å². The molecule has 2 N–H and O–H groups in total. The number of nitrogens with two attached hydrogens (primary N) is 1. The summed E-state index contributed by atoms with van der Waals surface area (Å²) < 4.78 is 87.0. The fourth-order valence-corrected chi connectivity index (χ4v) is 8.20. The number of halogens is 6. The first-order valence-corrected chi connectivity index (χ1v) is 17.0. The summed E-state index contributed by atoms with van der Waals surface area (Å²) >= 11 is 6.73. The third kappa shape index (κ3) is 6.02. The predicted octanol–water partition coefficient (Wildman–Crippen LogP) is 5.26. The fraction of sp³-hybridized carbons (Fsp3) is 0.576. The normalized spacial score (nSPS) is 23.7. The van der Waals surface area contributed by atoms with Gasteiger partial charge in [-0.05, 0) is 44.4 Å². The van der Waals surface area contributed by atoms with Gasteiger partial charge in [0.1, 0.15) is 18.6 Å². The van der Waals surface area contributed by atoms with Crippen LogP contribution in [-0.4, -0.2) is 87.5 Å². The van der Waals surface area contributed by atoms with Crippen molar-refractivity contribution in [3.05, 3.63) is 56.2 Å². The van der Waals surface area contributed by atoms with Crippen LogP contribution in [0.4, 0.5) is 33.5 Å². The third-order valence-electron chi connectivity index (χ3n) is 10.3. The van der Waals surface area contributed by atoms with E-state index in [-0.39, 0.29) is 54.4 Å². The molecule has 11 nitrogen and oxygen atoms in total. The largest absolute Gasteiger partial charge is 0.461 e. The lowest BCUT2D eigenvalue weighted by molar-refractivity contribution is -0.140. The van der Waals surface area contributed by atoms with Gasteiger partial charge in [-0.15, -0.1) is 0 Å². The molecule has 2 aromatic heterocycles. The molecule has 0 bridgehead atoms. The SMILES string of the molecule is Cc1cc(N)c(F)c([C@@H]2Cc3nc(OC[C@@]45CCCN4C[C@H](F)C5)nc(N4CCCn5nc(C(=O)N(C)C)c(Cl)c5C4)c3CO2)c1C(F)(F)F. The summed E-state index contributed by atoms with van der Waals surface area (Å²) in [5.74, 6) is -1.13. The van der Waals surface area contributed by atoms with E-state index in [1.54, 1.807) is 18.8 Å². The van der Waals surface area contributed by atoms with Crippen LogP contribution in [-0.2, 0) is 37.0 Å². The van der Waals surface area contributed by atoms with E-state index in [2.05, 4.69) is 15.0 Å². The van der Waals surface area contributed by atoms with Crippen molar-refractivity contribution >= 4 is 29.0 Å². The van der Waals surface area contributed by atoms with E-state index in [1.807, 2.05) is 4.90 Å². The highest BCUT2D eigenvalue weighted by atomic mass is 35.5. The van der Waals surface area contributed by atoms with Crippen molar-refractivity contribution in [2.24, 2.45) is 0 Å². The number of amides is 1. The van der Waals surface area contributed by atoms with Crippen LogP contribution in [0.3, 0.4) is 0 Å². The van der Waals surface area contributed by atoms with Gasteiger partial charge in [-0.3, -0.25) is 14.4 Å². The summed E-state index contributed by atoms with van der Waals surface area (Å²) in [6, 6.07) is 0.934. The Morgan fingerprint density at radius 1 is 1.22 bits per heavy atom. The van der Waals surface area contributed by atoms with Crippen molar-refractivity contribution in [1.82, 2.24) is 29.5 Å². The van der Waals surface area contributed by atoms with Gasteiger partial charge in [-0.1, -0.05) is 11.6 Å². The maximum absolute atomic E-state index is 15.5. The number of carbonyl (C=O) groups is 1. The van der Waals surface area contributed by atoms with Gasteiger partial charge >= 0.3 is 12.2 Å². The molecule has 1 aromatic carbocycles. The van der Waals surface area contributed by atoms with Gasteiger partial charge in [0, 0.05) is 57.7 Å². The van der Waals surface area contributed by atoms with E-state index >= 15 is 4.39 Å². The summed E-state index contributed by atoms with van der Waals surface area (Å²) in [6.45, 7) is 3.36. The van der Waals surface area contributed by atoms with Crippen LogP contribution in [0.1, 0.15) is 75.9 Å². The number of alkyl halides is 4. The second kappa shape index (κ2) is 12.8. The second-order valence-corrected chi connectivity index (χ2v) is 14.2. The second-order valence-electron chi connectivity index (χ2n) is 13.8. The Balaban J connectivity index is 1.28. The minimum atomic E-state index is -4.87. The number of rotatable bonds is 6. The quantitative estimate of drug-likeness (QED) is 0.269. The Kier molecular flexibility index (Phi) is 8.86. The van der Waals surface area contributed by atoms with Crippen LogP contribution in [0.2, 0.25) is 5.02 Å². The highest BCUT2D eigenvalue weighted by molar-refractivity contribution is 6.34. The van der Waals surface area contributed by atoms with Crippen molar-refractivity contribution in [1.29, 1.82) is 0 Å². The maximum atomic E-state index is 15.5. The molecule has 270 valence electrons. The minimum absolute atomic E-state index is 0.0319. The molecule has 0 aliphatic carbocycles. The molecule has 3 aromatic rings. The Hall–Kier alpha value is -3.76. The summed E-state index contributed by atoms with van der Waals surface area (Å²) in [5, 5.41) is 4.69. The van der Waals surface area contributed by atoms with Crippen LogP contribution in [0.5, 0.6) is 6.01 Å². The van der Waals surface area contributed by atoms with E-state index < -0.39 is 46.6 Å². The predicted molar refractivity (Wildman–Crippen MR) is 173 cm³/mol.